The Morgan fingerprint density at radius 2 is 1.93 bits per heavy atom. The number of hydrazone groups is 1. The number of non-ortho nitro benzene ring substituents is 1. The van der Waals surface area contributed by atoms with Crippen LogP contribution in [0.5, 0.6) is 0 Å². The summed E-state index contributed by atoms with van der Waals surface area (Å²) < 4.78 is 0. The maximum absolute atomic E-state index is 12.6. The molecule has 0 saturated heterocycles. The first-order chi connectivity index (χ1) is 13.3. The van der Waals surface area contributed by atoms with E-state index in [1.807, 2.05) is 19.1 Å². The Kier molecular flexibility index (Phi) is 5.18. The Morgan fingerprint density at radius 1 is 1.25 bits per heavy atom. The van der Waals surface area contributed by atoms with E-state index < -0.39 is 16.6 Å². The van der Waals surface area contributed by atoms with E-state index in [0.717, 1.165) is 5.56 Å². The van der Waals surface area contributed by atoms with E-state index in [1.54, 1.807) is 20.2 Å². The molecular weight excluding hydrogens is 362 g/mol. The fraction of sp³-hybridized carbons (Fsp3) is 0.211. The molecule has 0 spiro atoms. The Balaban J connectivity index is 2.11. The number of aromatic nitrogens is 2. The van der Waals surface area contributed by atoms with E-state index in [9.17, 15) is 20.0 Å². The van der Waals surface area contributed by atoms with Gasteiger partial charge in [0.05, 0.1) is 16.0 Å². The smallest absolute Gasteiger partial charge is 0.276 e. The van der Waals surface area contributed by atoms with E-state index in [-0.39, 0.29) is 17.1 Å². The highest BCUT2D eigenvalue weighted by Gasteiger charge is 2.23. The highest BCUT2D eigenvalue weighted by molar-refractivity contribution is 6.03. The van der Waals surface area contributed by atoms with Crippen molar-refractivity contribution in [3.05, 3.63) is 79.8 Å². The van der Waals surface area contributed by atoms with Gasteiger partial charge in [0.1, 0.15) is 11.8 Å². The third kappa shape index (κ3) is 3.89. The van der Waals surface area contributed by atoms with Gasteiger partial charge < -0.3 is 15.1 Å². The topological polar surface area (TPSA) is 125 Å². The number of aryl methyl sites for hydroxylation is 1. The van der Waals surface area contributed by atoms with Crippen molar-refractivity contribution in [2.45, 2.75) is 13.0 Å². The lowest BCUT2D eigenvalue weighted by Crippen LogP contribution is -2.27. The van der Waals surface area contributed by atoms with Crippen LogP contribution < -0.4 is 5.56 Å². The van der Waals surface area contributed by atoms with E-state index in [4.69, 9.17) is 0 Å². The molecule has 0 fully saturated rings. The average molecular weight is 381 g/mol. The van der Waals surface area contributed by atoms with Crippen LogP contribution in [0.4, 0.5) is 5.69 Å². The molecule has 9 nitrogen and oxygen atoms in total. The first-order valence-electron chi connectivity index (χ1n) is 8.45. The van der Waals surface area contributed by atoms with Crippen LogP contribution in [-0.4, -0.2) is 44.8 Å². The van der Waals surface area contributed by atoms with Crippen molar-refractivity contribution >= 4 is 22.4 Å². The number of hydrogen-bond acceptors (Lipinski definition) is 7. The maximum Gasteiger partial charge on any atom is 0.276 e. The number of fused-ring (bicyclic) bond motifs is 1. The van der Waals surface area contributed by atoms with Gasteiger partial charge in [-0.3, -0.25) is 14.9 Å². The summed E-state index contributed by atoms with van der Waals surface area (Å²) in [5.41, 5.74) is 1.92. The normalized spacial score (nSPS) is 12.8. The molecule has 3 aromatic rings. The van der Waals surface area contributed by atoms with Crippen molar-refractivity contribution in [1.82, 2.24) is 15.0 Å². The summed E-state index contributed by atoms with van der Waals surface area (Å²) in [6, 6.07) is 10.9. The van der Waals surface area contributed by atoms with Gasteiger partial charge in [0.2, 0.25) is 0 Å². The fourth-order valence-corrected chi connectivity index (χ4v) is 2.76. The van der Waals surface area contributed by atoms with Crippen molar-refractivity contribution in [3.63, 3.8) is 0 Å². The molecule has 1 aromatic heterocycles. The Bertz CT molecular complexity index is 1120. The molecule has 2 aromatic carbocycles. The van der Waals surface area contributed by atoms with Crippen molar-refractivity contribution in [2.75, 3.05) is 14.1 Å². The van der Waals surface area contributed by atoms with Gasteiger partial charge in [-0.05, 0) is 42.3 Å². The van der Waals surface area contributed by atoms with E-state index in [0.29, 0.717) is 16.6 Å². The highest BCUT2D eigenvalue weighted by atomic mass is 16.6. The van der Waals surface area contributed by atoms with Gasteiger partial charge in [0, 0.05) is 26.2 Å². The number of nitrogens with one attached hydrogen (secondary N) is 1. The number of rotatable bonds is 5. The van der Waals surface area contributed by atoms with E-state index >= 15 is 0 Å². The number of nitro benzene ring substituents is 1. The zero-order chi connectivity index (χ0) is 20.4. The van der Waals surface area contributed by atoms with Crippen LogP contribution in [0.25, 0.3) is 11.0 Å². The molecule has 3 rings (SSSR count). The zero-order valence-corrected chi connectivity index (χ0v) is 15.6. The molecular formula is C19H19N5O4. The molecule has 0 aliphatic carbocycles. The maximum atomic E-state index is 12.6. The summed E-state index contributed by atoms with van der Waals surface area (Å²) in [7, 11) is 3.31. The standard InChI is InChI=1S/C19H19N5O4/c1-11-4-9-14-15(10-11)21-19(26)17(20-14)16(22-23(2)3)18(25)12-5-7-13(8-6-12)24(27)28/h4-10,18,25H,1-3H3,(H,21,26)/b22-16+/t18-/m1/s1. The number of aliphatic hydroxyl groups is 1. The second-order valence-electron chi connectivity index (χ2n) is 6.52. The Hall–Kier alpha value is -3.59. The SMILES string of the molecule is Cc1ccc2nc(/C(=N\N(C)C)[C@H](O)c3ccc([N+](=O)[O-])cc3)c(=O)[nH]c2c1. The summed E-state index contributed by atoms with van der Waals surface area (Å²) in [4.78, 5) is 30.1. The predicted octanol–water partition coefficient (Wildman–Crippen LogP) is 2.14. The van der Waals surface area contributed by atoms with Crippen LogP contribution in [0, 0.1) is 17.0 Å². The van der Waals surface area contributed by atoms with Gasteiger partial charge >= 0.3 is 0 Å². The summed E-state index contributed by atoms with van der Waals surface area (Å²) in [5, 5.41) is 27.4. The van der Waals surface area contributed by atoms with Gasteiger partial charge in [-0.25, -0.2) is 4.98 Å². The molecule has 0 amide bonds. The largest absolute Gasteiger partial charge is 0.382 e. The van der Waals surface area contributed by atoms with Crippen LogP contribution >= 0.6 is 0 Å². The van der Waals surface area contributed by atoms with Crippen LogP contribution in [0.3, 0.4) is 0 Å². The Labute approximate surface area is 160 Å². The first-order valence-corrected chi connectivity index (χ1v) is 8.45. The summed E-state index contributed by atoms with van der Waals surface area (Å²) >= 11 is 0. The third-order valence-electron chi connectivity index (χ3n) is 4.08. The molecule has 28 heavy (non-hydrogen) atoms. The van der Waals surface area contributed by atoms with Crippen molar-refractivity contribution in [1.29, 1.82) is 0 Å². The van der Waals surface area contributed by atoms with Crippen molar-refractivity contribution < 1.29 is 10.0 Å². The molecule has 0 saturated carbocycles. The van der Waals surface area contributed by atoms with E-state index in [2.05, 4.69) is 15.1 Å². The van der Waals surface area contributed by atoms with Crippen molar-refractivity contribution in [2.24, 2.45) is 5.10 Å². The summed E-state index contributed by atoms with van der Waals surface area (Å²) in [5.74, 6) is 0. The van der Waals surface area contributed by atoms with Crippen LogP contribution in [0.15, 0.2) is 52.4 Å². The lowest BCUT2D eigenvalue weighted by atomic mass is 10.0. The van der Waals surface area contributed by atoms with Gasteiger partial charge in [-0.1, -0.05) is 6.07 Å². The Morgan fingerprint density at radius 3 is 2.54 bits per heavy atom. The molecule has 0 aliphatic heterocycles. The number of aromatic amines is 1. The molecule has 0 radical (unpaired) electrons. The molecule has 0 unspecified atom stereocenters. The minimum absolute atomic E-state index is 0.0177. The molecule has 0 aliphatic rings. The number of H-pyrrole nitrogens is 1. The van der Waals surface area contributed by atoms with Gasteiger partial charge in [0.25, 0.3) is 11.2 Å². The second-order valence-corrected chi connectivity index (χ2v) is 6.52. The molecule has 2 N–H and O–H groups in total. The molecule has 1 atom stereocenters. The minimum Gasteiger partial charge on any atom is -0.382 e. The molecule has 1 heterocycles. The number of nitro groups is 1. The van der Waals surface area contributed by atoms with Gasteiger partial charge in [-0.15, -0.1) is 0 Å². The van der Waals surface area contributed by atoms with Crippen LogP contribution in [0.2, 0.25) is 0 Å². The summed E-state index contributed by atoms with van der Waals surface area (Å²) in [6.45, 7) is 1.91. The lowest BCUT2D eigenvalue weighted by molar-refractivity contribution is -0.384. The average Bonchev–Trinajstić information content (AvgIpc) is 2.65. The lowest BCUT2D eigenvalue weighted by Gasteiger charge is -2.16. The summed E-state index contributed by atoms with van der Waals surface area (Å²) in [6.07, 6.45) is -1.29. The second kappa shape index (κ2) is 7.57. The van der Waals surface area contributed by atoms with Crippen molar-refractivity contribution in [3.8, 4) is 0 Å². The zero-order valence-electron chi connectivity index (χ0n) is 15.6. The monoisotopic (exact) mass is 381 g/mol. The van der Waals surface area contributed by atoms with E-state index in [1.165, 1.54) is 29.3 Å². The van der Waals surface area contributed by atoms with Gasteiger partial charge in [-0.2, -0.15) is 5.10 Å². The quantitative estimate of drug-likeness (QED) is 0.396. The third-order valence-corrected chi connectivity index (χ3v) is 4.08. The predicted molar refractivity (Wildman–Crippen MR) is 105 cm³/mol. The highest BCUT2D eigenvalue weighted by Crippen LogP contribution is 2.21. The molecule has 0 bridgehead atoms. The molecule has 9 heteroatoms. The number of hydrogen-bond donors (Lipinski definition) is 2. The number of nitrogens with zero attached hydrogens (tertiary/aromatic N) is 4. The van der Waals surface area contributed by atoms with Crippen LogP contribution in [0.1, 0.15) is 22.9 Å². The fourth-order valence-electron chi connectivity index (χ4n) is 2.76. The van der Waals surface area contributed by atoms with Gasteiger partial charge in [0.15, 0.2) is 5.69 Å². The first kappa shape index (κ1) is 19.2. The number of benzene rings is 2. The minimum atomic E-state index is -1.29. The van der Waals surface area contributed by atoms with Crippen LogP contribution in [-0.2, 0) is 0 Å². The number of aliphatic hydroxyl groups excluding tert-OH is 1. The molecule has 144 valence electrons.